The molecule has 0 N–H and O–H groups in total. The number of aromatic nitrogens is 1. The molecule has 0 aliphatic rings. The fourth-order valence-corrected chi connectivity index (χ4v) is 5.14. The van der Waals surface area contributed by atoms with Gasteiger partial charge in [0, 0.05) is 28.3 Å². The van der Waals surface area contributed by atoms with Crippen molar-refractivity contribution in [2.75, 3.05) is 6.26 Å². The van der Waals surface area contributed by atoms with E-state index in [2.05, 4.69) is 4.98 Å². The van der Waals surface area contributed by atoms with Crippen LogP contribution in [0.3, 0.4) is 0 Å². The Morgan fingerprint density at radius 3 is 2.53 bits per heavy atom. The summed E-state index contributed by atoms with van der Waals surface area (Å²) in [6.07, 6.45) is 1.20. The molecule has 0 saturated heterocycles. The Balaban J connectivity index is 1.73. The van der Waals surface area contributed by atoms with Crippen molar-refractivity contribution >= 4 is 59.1 Å². The van der Waals surface area contributed by atoms with Crippen molar-refractivity contribution < 1.29 is 12.8 Å². The summed E-state index contributed by atoms with van der Waals surface area (Å²) in [4.78, 5) is 9.67. The van der Waals surface area contributed by atoms with E-state index in [4.69, 9.17) is 21.0 Å². The van der Waals surface area contributed by atoms with Crippen LogP contribution < -0.4 is 5.36 Å². The number of nitrogens with zero attached hydrogens (tertiary/aromatic N) is 2. The van der Waals surface area contributed by atoms with Gasteiger partial charge in [-0.05, 0) is 61.5 Å². The minimum Gasteiger partial charge on any atom is -0.456 e. The summed E-state index contributed by atoms with van der Waals surface area (Å²) in [6.45, 7) is 2.01. The zero-order chi connectivity index (χ0) is 22.5. The topological polar surface area (TPSA) is 72.5 Å². The smallest absolute Gasteiger partial charge is 0.210 e. The first-order chi connectivity index (χ1) is 15.3. The quantitative estimate of drug-likeness (QED) is 0.303. The van der Waals surface area contributed by atoms with Crippen LogP contribution in [-0.2, 0) is 9.84 Å². The Labute approximate surface area is 193 Å². The molecule has 5 aromatic rings. The van der Waals surface area contributed by atoms with E-state index in [1.807, 2.05) is 55.5 Å². The highest BCUT2D eigenvalue weighted by molar-refractivity contribution is 7.90. The van der Waals surface area contributed by atoms with Gasteiger partial charge in [-0.2, -0.15) is 0 Å². The van der Waals surface area contributed by atoms with Crippen LogP contribution in [0.25, 0.3) is 32.5 Å². The van der Waals surface area contributed by atoms with E-state index in [0.29, 0.717) is 27.0 Å². The van der Waals surface area contributed by atoms with E-state index in [1.165, 1.54) is 17.6 Å². The highest BCUT2D eigenvalue weighted by Gasteiger charge is 2.12. The maximum Gasteiger partial charge on any atom is 0.210 e. The Hall–Kier alpha value is -3.00. The van der Waals surface area contributed by atoms with E-state index < -0.39 is 9.84 Å². The van der Waals surface area contributed by atoms with Crippen molar-refractivity contribution in [2.24, 2.45) is 4.99 Å². The van der Waals surface area contributed by atoms with E-state index >= 15 is 0 Å². The Morgan fingerprint density at radius 2 is 1.78 bits per heavy atom. The molecule has 160 valence electrons. The van der Waals surface area contributed by atoms with Crippen molar-refractivity contribution in [3.05, 3.63) is 82.7 Å². The molecular weight excluding hydrogens is 464 g/mol. The molecule has 5 rings (SSSR count). The number of fused-ring (bicyclic) bond motifs is 2. The molecule has 0 atom stereocenters. The van der Waals surface area contributed by atoms with Crippen molar-refractivity contribution in [1.82, 2.24) is 4.98 Å². The lowest BCUT2D eigenvalue weighted by atomic mass is 10.1. The number of halogens is 1. The molecule has 0 saturated carbocycles. The third kappa shape index (κ3) is 4.07. The summed E-state index contributed by atoms with van der Waals surface area (Å²) in [7, 11) is -3.29. The zero-order valence-corrected chi connectivity index (χ0v) is 19.6. The summed E-state index contributed by atoms with van der Waals surface area (Å²) in [5.74, 6) is 0.664. The Bertz CT molecular complexity index is 1670. The van der Waals surface area contributed by atoms with Crippen molar-refractivity contribution in [3.63, 3.8) is 0 Å². The molecule has 0 spiro atoms. The zero-order valence-electron chi connectivity index (χ0n) is 17.2. The largest absolute Gasteiger partial charge is 0.456 e. The molecule has 5 nitrogen and oxygen atoms in total. The average molecular weight is 481 g/mol. The molecule has 3 aromatic carbocycles. The van der Waals surface area contributed by atoms with E-state index in [0.717, 1.165) is 26.6 Å². The normalized spacial score (nSPS) is 12.7. The third-order valence-corrected chi connectivity index (χ3v) is 7.29. The molecule has 0 fully saturated rings. The van der Waals surface area contributed by atoms with Gasteiger partial charge in [0.2, 0.25) is 5.13 Å². The predicted molar refractivity (Wildman–Crippen MR) is 129 cm³/mol. The van der Waals surface area contributed by atoms with Crippen LogP contribution in [0.4, 0.5) is 5.13 Å². The molecule has 0 aliphatic heterocycles. The second-order valence-electron chi connectivity index (χ2n) is 7.51. The Morgan fingerprint density at radius 1 is 1.00 bits per heavy atom. The highest BCUT2D eigenvalue weighted by Crippen LogP contribution is 2.30. The fourth-order valence-electron chi connectivity index (χ4n) is 3.41. The van der Waals surface area contributed by atoms with Crippen LogP contribution in [0, 0.1) is 6.92 Å². The lowest BCUT2D eigenvalue weighted by Crippen LogP contribution is -2.03. The molecule has 32 heavy (non-hydrogen) atoms. The van der Waals surface area contributed by atoms with E-state index in [9.17, 15) is 8.42 Å². The summed E-state index contributed by atoms with van der Waals surface area (Å²) < 4.78 is 30.7. The molecular formula is C24H17ClN2O3S2. The van der Waals surface area contributed by atoms with Gasteiger partial charge in [0.05, 0.1) is 20.5 Å². The standard InChI is InChI=1S/C24H17ClN2O3S2/c1-14-3-10-21-18(11-14)20(13-22(30-21)15-4-6-16(25)7-5-15)27-24-26-19-9-8-17(32(2,28)29)12-23(19)31-24/h3-13H,1-2H3/b27-20+. The van der Waals surface area contributed by atoms with Crippen molar-refractivity contribution in [2.45, 2.75) is 11.8 Å². The molecule has 2 heterocycles. The van der Waals surface area contributed by atoms with E-state index in [1.54, 1.807) is 18.2 Å². The first-order valence-electron chi connectivity index (χ1n) is 9.72. The molecule has 0 bridgehead atoms. The van der Waals surface area contributed by atoms with Gasteiger partial charge < -0.3 is 4.42 Å². The number of hydrogen-bond donors (Lipinski definition) is 0. The third-order valence-electron chi connectivity index (χ3n) is 5.02. The molecule has 0 unspecified atom stereocenters. The van der Waals surface area contributed by atoms with Gasteiger partial charge in [-0.15, -0.1) is 0 Å². The van der Waals surface area contributed by atoms with Gasteiger partial charge in [0.25, 0.3) is 0 Å². The second kappa shape index (κ2) is 7.85. The predicted octanol–water partition coefficient (Wildman–Crippen LogP) is 6.31. The maximum atomic E-state index is 11.9. The van der Waals surface area contributed by atoms with Crippen molar-refractivity contribution in [3.8, 4) is 11.3 Å². The highest BCUT2D eigenvalue weighted by atomic mass is 35.5. The summed E-state index contributed by atoms with van der Waals surface area (Å²) >= 11 is 7.38. The minimum atomic E-state index is -3.29. The minimum absolute atomic E-state index is 0.268. The van der Waals surface area contributed by atoms with Gasteiger partial charge in [-0.1, -0.05) is 34.6 Å². The lowest BCUT2D eigenvalue weighted by Gasteiger charge is -2.06. The van der Waals surface area contributed by atoms with Crippen molar-refractivity contribution in [1.29, 1.82) is 0 Å². The molecule has 0 aliphatic carbocycles. The first-order valence-corrected chi connectivity index (χ1v) is 12.8. The number of thiazole rings is 1. The molecule has 8 heteroatoms. The van der Waals surface area contributed by atoms with Crippen LogP contribution in [0.1, 0.15) is 5.56 Å². The number of rotatable bonds is 3. The molecule has 2 aromatic heterocycles. The monoisotopic (exact) mass is 480 g/mol. The molecule has 0 radical (unpaired) electrons. The molecule has 0 amide bonds. The first kappa shape index (κ1) is 20.9. The fraction of sp³-hybridized carbons (Fsp3) is 0.0833. The van der Waals surface area contributed by atoms with Crippen LogP contribution in [0.5, 0.6) is 0 Å². The van der Waals surface area contributed by atoms with Gasteiger partial charge in [-0.3, -0.25) is 0 Å². The summed E-state index contributed by atoms with van der Waals surface area (Å²) in [6, 6.07) is 20.2. The van der Waals surface area contributed by atoms with Gasteiger partial charge in [-0.25, -0.2) is 18.4 Å². The summed E-state index contributed by atoms with van der Waals surface area (Å²) in [5.41, 5.74) is 3.39. The lowest BCUT2D eigenvalue weighted by molar-refractivity contribution is 0.602. The number of sulfone groups is 1. The SMILES string of the molecule is Cc1ccc2oc(-c3ccc(Cl)cc3)c/c(=N\c3nc4ccc(S(C)(=O)=O)cc4s3)c2c1. The number of aryl methyl sites for hydroxylation is 1. The van der Waals surface area contributed by atoms with Gasteiger partial charge >= 0.3 is 0 Å². The summed E-state index contributed by atoms with van der Waals surface area (Å²) in [5, 5.41) is 2.79. The second-order valence-corrected chi connectivity index (χ2v) is 11.0. The van der Waals surface area contributed by atoms with Crippen LogP contribution >= 0.6 is 22.9 Å². The van der Waals surface area contributed by atoms with Crippen LogP contribution in [0.2, 0.25) is 5.02 Å². The van der Waals surface area contributed by atoms with Gasteiger partial charge in [0.15, 0.2) is 9.84 Å². The van der Waals surface area contributed by atoms with Crippen LogP contribution in [0.15, 0.2) is 81.0 Å². The van der Waals surface area contributed by atoms with E-state index in [-0.39, 0.29) is 4.90 Å². The number of benzene rings is 3. The average Bonchev–Trinajstić information content (AvgIpc) is 3.15. The maximum absolute atomic E-state index is 11.9. The Kier molecular flexibility index (Phi) is 5.12. The number of hydrogen-bond acceptors (Lipinski definition) is 6. The van der Waals surface area contributed by atoms with Gasteiger partial charge in [0.1, 0.15) is 11.3 Å². The van der Waals surface area contributed by atoms with Crippen LogP contribution in [-0.4, -0.2) is 19.7 Å².